The molecule has 2 atom stereocenters. The van der Waals surface area contributed by atoms with Crippen LogP contribution in [0.25, 0.3) is 0 Å². The molecule has 1 aliphatic rings. The number of alkyl halides is 2. The first kappa shape index (κ1) is 19.6. The number of rotatable bonds is 6. The minimum atomic E-state index is -1.19. The number of carbonyl (C=O) groups excluding carboxylic acids is 2. The van der Waals surface area contributed by atoms with Crippen LogP contribution in [0.4, 0.5) is 8.78 Å². The van der Waals surface area contributed by atoms with Crippen LogP contribution in [0.2, 0.25) is 0 Å². The van der Waals surface area contributed by atoms with E-state index >= 15 is 0 Å². The van der Waals surface area contributed by atoms with Crippen LogP contribution in [0.3, 0.4) is 0 Å². The molecule has 142 valence electrons. The molecule has 4 nitrogen and oxygen atoms in total. The summed E-state index contributed by atoms with van der Waals surface area (Å²) < 4.78 is 34.9. The minimum Gasteiger partial charge on any atom is -0.462 e. The highest BCUT2D eigenvalue weighted by atomic mass is 35.5. The first-order valence-corrected chi connectivity index (χ1v) is 8.78. The van der Waals surface area contributed by atoms with E-state index < -0.39 is 39.7 Å². The Morgan fingerprint density at radius 1 is 0.778 bits per heavy atom. The van der Waals surface area contributed by atoms with Gasteiger partial charge < -0.3 is 9.47 Å². The predicted octanol–water partition coefficient (Wildman–Crippen LogP) is 4.40. The van der Waals surface area contributed by atoms with Crippen molar-refractivity contribution >= 4 is 35.1 Å². The Kier molecular flexibility index (Phi) is 5.67. The first-order chi connectivity index (χ1) is 12.8. The van der Waals surface area contributed by atoms with E-state index in [1.807, 2.05) is 0 Å². The van der Waals surface area contributed by atoms with Gasteiger partial charge in [-0.05, 0) is 48.5 Å². The fraction of sp³-hybridized carbons (Fsp3) is 0.263. The second-order valence-electron chi connectivity index (χ2n) is 6.10. The molecule has 0 aromatic heterocycles. The third-order valence-electron chi connectivity index (χ3n) is 4.31. The second-order valence-corrected chi connectivity index (χ2v) is 7.54. The largest absolute Gasteiger partial charge is 0.462 e. The number of carbonyl (C=O) groups is 2. The average Bonchev–Trinajstić information content (AvgIpc) is 3.18. The summed E-state index contributed by atoms with van der Waals surface area (Å²) in [6.45, 7) is -0.135. The molecule has 0 bridgehead atoms. The number of ether oxygens (including phenoxy) is 2. The maximum absolute atomic E-state index is 12.9. The van der Waals surface area contributed by atoms with Gasteiger partial charge in [0.2, 0.25) is 0 Å². The molecular weight excluding hydrogens is 401 g/mol. The van der Waals surface area contributed by atoms with Gasteiger partial charge in [-0.3, -0.25) is 0 Å². The molecule has 0 saturated heterocycles. The molecule has 0 unspecified atom stereocenters. The summed E-state index contributed by atoms with van der Waals surface area (Å²) >= 11 is 12.3. The van der Waals surface area contributed by atoms with Gasteiger partial charge >= 0.3 is 11.9 Å². The third-order valence-corrected chi connectivity index (χ3v) is 5.43. The van der Waals surface area contributed by atoms with Crippen LogP contribution < -0.4 is 0 Å². The van der Waals surface area contributed by atoms with E-state index in [1.54, 1.807) is 0 Å². The molecule has 0 spiro atoms. The molecule has 2 aromatic rings. The van der Waals surface area contributed by atoms with Crippen molar-refractivity contribution in [1.82, 2.24) is 0 Å². The molecule has 1 saturated carbocycles. The highest BCUT2D eigenvalue weighted by Crippen LogP contribution is 2.59. The number of hydrogen-bond donors (Lipinski definition) is 0. The van der Waals surface area contributed by atoms with E-state index in [0.29, 0.717) is 0 Å². The predicted molar refractivity (Wildman–Crippen MR) is 94.8 cm³/mol. The normalized spacial score (nSPS) is 20.0. The topological polar surface area (TPSA) is 52.6 Å². The van der Waals surface area contributed by atoms with Gasteiger partial charge in [-0.2, -0.15) is 0 Å². The van der Waals surface area contributed by atoms with E-state index in [9.17, 15) is 18.4 Å². The zero-order valence-electron chi connectivity index (χ0n) is 13.8. The smallest absolute Gasteiger partial charge is 0.338 e. The van der Waals surface area contributed by atoms with Crippen LogP contribution in [0.1, 0.15) is 20.7 Å². The zero-order valence-corrected chi connectivity index (χ0v) is 15.3. The van der Waals surface area contributed by atoms with Crippen molar-refractivity contribution in [2.45, 2.75) is 4.33 Å². The Bertz CT molecular complexity index is 768. The summed E-state index contributed by atoms with van der Waals surface area (Å²) in [6, 6.07) is 9.83. The lowest BCUT2D eigenvalue weighted by atomic mass is 10.2. The summed E-state index contributed by atoms with van der Waals surface area (Å²) in [4.78, 5) is 23.9. The summed E-state index contributed by atoms with van der Waals surface area (Å²) in [6.07, 6.45) is 0. The van der Waals surface area contributed by atoms with Crippen LogP contribution in [-0.2, 0) is 9.47 Å². The average molecular weight is 415 g/mol. The van der Waals surface area contributed by atoms with Gasteiger partial charge in [-0.15, -0.1) is 23.2 Å². The Hall–Kier alpha value is -2.18. The highest BCUT2D eigenvalue weighted by Gasteiger charge is 2.64. The zero-order chi connectivity index (χ0) is 19.6. The Balaban J connectivity index is 1.49. The Morgan fingerprint density at radius 2 is 1.11 bits per heavy atom. The number of hydrogen-bond acceptors (Lipinski definition) is 4. The SMILES string of the molecule is O=C(OC[C@@H]1[C@H](COC(=O)c2ccc(F)cc2)C1(Cl)Cl)c1ccc(F)cc1. The van der Waals surface area contributed by atoms with Crippen molar-refractivity contribution in [2.75, 3.05) is 13.2 Å². The quantitative estimate of drug-likeness (QED) is 0.519. The van der Waals surface area contributed by atoms with Crippen molar-refractivity contribution in [3.8, 4) is 0 Å². The summed E-state index contributed by atoms with van der Waals surface area (Å²) in [5.74, 6) is -3.01. The molecule has 0 aliphatic heterocycles. The van der Waals surface area contributed by atoms with Crippen molar-refractivity contribution in [3.63, 3.8) is 0 Å². The van der Waals surface area contributed by atoms with Gasteiger partial charge in [0.15, 0.2) is 0 Å². The molecule has 1 fully saturated rings. The number of benzene rings is 2. The van der Waals surface area contributed by atoms with Gasteiger partial charge in [-0.1, -0.05) is 0 Å². The van der Waals surface area contributed by atoms with Crippen LogP contribution in [0, 0.1) is 23.5 Å². The molecule has 27 heavy (non-hydrogen) atoms. The molecule has 0 amide bonds. The second kappa shape index (κ2) is 7.82. The van der Waals surface area contributed by atoms with Gasteiger partial charge in [0.1, 0.15) is 16.0 Å². The van der Waals surface area contributed by atoms with Crippen molar-refractivity contribution in [3.05, 3.63) is 71.3 Å². The number of halogens is 4. The summed E-state index contributed by atoms with van der Waals surface area (Å²) in [7, 11) is 0. The maximum Gasteiger partial charge on any atom is 0.338 e. The summed E-state index contributed by atoms with van der Waals surface area (Å²) in [5, 5.41) is 0. The van der Waals surface area contributed by atoms with Crippen molar-refractivity contribution < 1.29 is 27.8 Å². The maximum atomic E-state index is 12.9. The fourth-order valence-corrected chi connectivity index (χ4v) is 3.32. The van der Waals surface area contributed by atoms with Gasteiger partial charge in [0, 0.05) is 11.8 Å². The van der Waals surface area contributed by atoms with Crippen LogP contribution in [0.15, 0.2) is 48.5 Å². The van der Waals surface area contributed by atoms with E-state index in [0.717, 1.165) is 24.3 Å². The molecule has 8 heteroatoms. The van der Waals surface area contributed by atoms with Crippen LogP contribution >= 0.6 is 23.2 Å². The number of esters is 2. The molecule has 2 aromatic carbocycles. The molecule has 0 heterocycles. The van der Waals surface area contributed by atoms with Crippen molar-refractivity contribution in [2.24, 2.45) is 11.8 Å². The van der Waals surface area contributed by atoms with Crippen LogP contribution in [0.5, 0.6) is 0 Å². The van der Waals surface area contributed by atoms with Gasteiger partial charge in [0.25, 0.3) is 0 Å². The van der Waals surface area contributed by atoms with Crippen molar-refractivity contribution in [1.29, 1.82) is 0 Å². The molecule has 0 N–H and O–H groups in total. The minimum absolute atomic E-state index is 0.0675. The van der Waals surface area contributed by atoms with E-state index in [2.05, 4.69) is 0 Å². The third kappa shape index (κ3) is 4.57. The highest BCUT2D eigenvalue weighted by molar-refractivity contribution is 6.51. The van der Waals surface area contributed by atoms with E-state index in [4.69, 9.17) is 32.7 Å². The standard InChI is InChI=1S/C19H14Cl2F2O4/c20-19(21)15(9-26-17(24)11-1-5-13(22)6-2-11)16(19)10-27-18(25)12-3-7-14(23)8-4-12/h1-8,15-16H,9-10H2/t15-,16+. The van der Waals surface area contributed by atoms with E-state index in [1.165, 1.54) is 24.3 Å². The lowest BCUT2D eigenvalue weighted by Gasteiger charge is -2.05. The van der Waals surface area contributed by atoms with Gasteiger partial charge in [0.05, 0.1) is 24.3 Å². The summed E-state index contributed by atoms with van der Waals surface area (Å²) in [5.41, 5.74) is 0.400. The van der Waals surface area contributed by atoms with Gasteiger partial charge in [-0.25, -0.2) is 18.4 Å². The Labute approximate surface area is 164 Å². The fourth-order valence-electron chi connectivity index (χ4n) is 2.58. The monoisotopic (exact) mass is 414 g/mol. The first-order valence-electron chi connectivity index (χ1n) is 8.02. The lowest BCUT2D eigenvalue weighted by Crippen LogP contribution is -2.11. The van der Waals surface area contributed by atoms with E-state index in [-0.39, 0.29) is 24.3 Å². The molecular formula is C19H14Cl2F2O4. The molecule has 0 radical (unpaired) electrons. The molecule has 3 rings (SSSR count). The molecule has 1 aliphatic carbocycles. The van der Waals surface area contributed by atoms with Crippen LogP contribution in [-0.4, -0.2) is 29.5 Å². The lowest BCUT2D eigenvalue weighted by molar-refractivity contribution is 0.0419. The Morgan fingerprint density at radius 3 is 1.44 bits per heavy atom.